The van der Waals surface area contributed by atoms with Crippen LogP contribution in [0.2, 0.25) is 10.0 Å². The van der Waals surface area contributed by atoms with Crippen LogP contribution in [0.15, 0.2) is 46.2 Å². The lowest BCUT2D eigenvalue weighted by Gasteiger charge is -2.13. The van der Waals surface area contributed by atoms with Crippen LogP contribution in [-0.4, -0.2) is 32.3 Å². The third-order valence-electron chi connectivity index (χ3n) is 4.45. The van der Waals surface area contributed by atoms with Crippen LogP contribution in [0.3, 0.4) is 0 Å². The molecule has 3 aromatic rings. The topological polar surface area (TPSA) is 115 Å². The average molecular weight is 536 g/mol. The standard InChI is InChI=1S/C19H19Cl2N3O5S3/c1-11(29-32(27,28)17-9-5-7-15(21)13(17)3)10-18-22-19(30-23-18)24-31(25,26)16-8-4-6-14(20)12(16)2/h4-9,11H,10H2,1-3H3,(H,22,23,24)/t11-/m1/s1. The highest BCUT2D eigenvalue weighted by atomic mass is 35.5. The number of benzene rings is 2. The molecule has 8 nitrogen and oxygen atoms in total. The van der Waals surface area contributed by atoms with Gasteiger partial charge in [-0.05, 0) is 56.2 Å². The van der Waals surface area contributed by atoms with Crippen LogP contribution in [0.1, 0.15) is 23.9 Å². The van der Waals surface area contributed by atoms with Crippen molar-refractivity contribution in [2.24, 2.45) is 0 Å². The lowest BCUT2D eigenvalue weighted by atomic mass is 10.2. The molecule has 0 aliphatic rings. The van der Waals surface area contributed by atoms with Crippen molar-refractivity contribution >= 4 is 60.0 Å². The zero-order valence-electron chi connectivity index (χ0n) is 17.2. The molecule has 2 aromatic carbocycles. The number of hydrogen-bond donors (Lipinski definition) is 1. The van der Waals surface area contributed by atoms with Crippen molar-refractivity contribution in [2.45, 2.75) is 43.1 Å². The molecular formula is C19H19Cl2N3O5S3. The quantitative estimate of drug-likeness (QED) is 0.419. The van der Waals surface area contributed by atoms with Crippen molar-refractivity contribution in [3.05, 3.63) is 63.4 Å². The normalized spacial score (nSPS) is 13.2. The van der Waals surface area contributed by atoms with Gasteiger partial charge in [-0.3, -0.25) is 8.91 Å². The van der Waals surface area contributed by atoms with E-state index in [9.17, 15) is 16.8 Å². The number of nitrogens with one attached hydrogen (secondary N) is 1. The van der Waals surface area contributed by atoms with E-state index in [1.165, 1.54) is 24.3 Å². The maximum Gasteiger partial charge on any atom is 0.297 e. The predicted octanol–water partition coefficient (Wildman–Crippen LogP) is 4.60. The third kappa shape index (κ3) is 5.59. The SMILES string of the molecule is Cc1c(Cl)cccc1S(=O)(=O)Nc1nc(C[C@@H](C)OS(=O)(=O)c2cccc(Cl)c2C)ns1. The zero-order chi connectivity index (χ0) is 23.7. The summed E-state index contributed by atoms with van der Waals surface area (Å²) in [7, 11) is -7.98. The average Bonchev–Trinajstić information content (AvgIpc) is 3.11. The second kappa shape index (κ2) is 9.62. The van der Waals surface area contributed by atoms with Gasteiger partial charge >= 0.3 is 0 Å². The Labute approximate surface area is 200 Å². The number of nitrogens with zero attached hydrogens (tertiary/aromatic N) is 2. The molecule has 0 bridgehead atoms. The van der Waals surface area contributed by atoms with Crippen molar-refractivity contribution in [3.8, 4) is 0 Å². The summed E-state index contributed by atoms with van der Waals surface area (Å²) in [6.45, 7) is 4.74. The van der Waals surface area contributed by atoms with Gasteiger partial charge in [0.1, 0.15) is 5.82 Å². The van der Waals surface area contributed by atoms with Crippen molar-refractivity contribution in [1.29, 1.82) is 0 Å². The number of aromatic nitrogens is 2. The molecule has 13 heteroatoms. The van der Waals surface area contributed by atoms with Gasteiger partial charge < -0.3 is 0 Å². The Morgan fingerprint density at radius 1 is 1.00 bits per heavy atom. The smallest absolute Gasteiger partial charge is 0.263 e. The molecule has 0 spiro atoms. The summed E-state index contributed by atoms with van der Waals surface area (Å²) < 4.78 is 62.2. The molecule has 0 amide bonds. The van der Waals surface area contributed by atoms with Crippen molar-refractivity contribution in [3.63, 3.8) is 0 Å². The Hall–Kier alpha value is -1.76. The third-order valence-corrected chi connectivity index (χ3v) is 9.11. The highest BCUT2D eigenvalue weighted by Crippen LogP contribution is 2.27. The molecule has 0 aliphatic carbocycles. The van der Waals surface area contributed by atoms with E-state index in [2.05, 4.69) is 14.1 Å². The van der Waals surface area contributed by atoms with Gasteiger partial charge in [0, 0.05) is 28.0 Å². The van der Waals surface area contributed by atoms with Crippen LogP contribution < -0.4 is 4.72 Å². The van der Waals surface area contributed by atoms with Crippen LogP contribution in [0.4, 0.5) is 5.13 Å². The number of anilines is 1. The van der Waals surface area contributed by atoms with Crippen molar-refractivity contribution < 1.29 is 21.0 Å². The van der Waals surface area contributed by atoms with E-state index in [0.717, 1.165) is 11.5 Å². The van der Waals surface area contributed by atoms with Gasteiger partial charge in [0.2, 0.25) is 5.13 Å². The van der Waals surface area contributed by atoms with E-state index in [0.29, 0.717) is 21.2 Å². The molecule has 1 N–H and O–H groups in total. The first-order chi connectivity index (χ1) is 14.9. The van der Waals surface area contributed by atoms with Crippen LogP contribution >= 0.6 is 34.7 Å². The zero-order valence-corrected chi connectivity index (χ0v) is 21.1. The highest BCUT2D eigenvalue weighted by Gasteiger charge is 2.24. The molecule has 0 unspecified atom stereocenters. The van der Waals surface area contributed by atoms with Gasteiger partial charge in [-0.2, -0.15) is 12.8 Å². The fraction of sp³-hybridized carbons (Fsp3) is 0.263. The largest absolute Gasteiger partial charge is 0.297 e. The van der Waals surface area contributed by atoms with Crippen LogP contribution in [0.5, 0.6) is 0 Å². The molecule has 1 atom stereocenters. The van der Waals surface area contributed by atoms with E-state index in [-0.39, 0.29) is 27.2 Å². The fourth-order valence-corrected chi connectivity index (χ4v) is 6.73. The van der Waals surface area contributed by atoms with Crippen LogP contribution in [-0.2, 0) is 30.7 Å². The summed E-state index contributed by atoms with van der Waals surface area (Å²) in [6, 6.07) is 9.10. The lowest BCUT2D eigenvalue weighted by molar-refractivity contribution is 0.227. The Morgan fingerprint density at radius 2 is 1.56 bits per heavy atom. The Bertz CT molecular complexity index is 1360. The van der Waals surface area contributed by atoms with Gasteiger partial charge in [0.25, 0.3) is 20.1 Å². The summed E-state index contributed by atoms with van der Waals surface area (Å²) >= 11 is 12.8. The predicted molar refractivity (Wildman–Crippen MR) is 125 cm³/mol. The Kier molecular flexibility index (Phi) is 7.48. The molecule has 32 heavy (non-hydrogen) atoms. The summed E-state index contributed by atoms with van der Waals surface area (Å²) in [5.41, 5.74) is 0.802. The number of hydrogen-bond acceptors (Lipinski definition) is 8. The van der Waals surface area contributed by atoms with Gasteiger partial charge in [-0.1, -0.05) is 35.3 Å². The fourth-order valence-electron chi connectivity index (χ4n) is 2.84. The molecule has 0 aliphatic heterocycles. The minimum Gasteiger partial charge on any atom is -0.263 e. The number of halogens is 2. The minimum absolute atomic E-state index is 0.0200. The van der Waals surface area contributed by atoms with Gasteiger partial charge in [-0.15, -0.1) is 0 Å². The van der Waals surface area contributed by atoms with Gasteiger partial charge in [0.05, 0.1) is 15.9 Å². The second-order valence-electron chi connectivity index (χ2n) is 6.91. The number of sulfonamides is 1. The summed E-state index contributed by atoms with van der Waals surface area (Å²) in [6.07, 6.45) is -0.750. The summed E-state index contributed by atoms with van der Waals surface area (Å²) in [5.74, 6) is 0.237. The lowest BCUT2D eigenvalue weighted by Crippen LogP contribution is -2.19. The molecular weight excluding hydrogens is 517 g/mol. The molecule has 0 saturated carbocycles. The monoisotopic (exact) mass is 535 g/mol. The molecule has 0 fully saturated rings. The van der Waals surface area contributed by atoms with Crippen molar-refractivity contribution in [1.82, 2.24) is 9.36 Å². The molecule has 1 aromatic heterocycles. The minimum atomic E-state index is -4.06. The molecule has 1 heterocycles. The molecule has 0 radical (unpaired) electrons. The van der Waals surface area contributed by atoms with E-state index < -0.39 is 26.2 Å². The molecule has 3 rings (SSSR count). The van der Waals surface area contributed by atoms with E-state index in [1.54, 1.807) is 32.9 Å². The first-order valence-electron chi connectivity index (χ1n) is 9.19. The molecule has 0 saturated heterocycles. The first kappa shape index (κ1) is 24.9. The maximum atomic E-state index is 12.7. The number of rotatable bonds is 8. The highest BCUT2D eigenvalue weighted by molar-refractivity contribution is 7.93. The first-order valence-corrected chi connectivity index (χ1v) is 13.6. The van der Waals surface area contributed by atoms with Gasteiger partial charge in [-0.25, -0.2) is 13.4 Å². The Balaban J connectivity index is 1.71. The summed E-state index contributed by atoms with van der Waals surface area (Å²) in [5, 5.41) is 0.684. The van der Waals surface area contributed by atoms with E-state index in [4.69, 9.17) is 27.4 Å². The van der Waals surface area contributed by atoms with Crippen LogP contribution in [0, 0.1) is 13.8 Å². The van der Waals surface area contributed by atoms with E-state index >= 15 is 0 Å². The van der Waals surface area contributed by atoms with Gasteiger partial charge in [0.15, 0.2) is 0 Å². The summed E-state index contributed by atoms with van der Waals surface area (Å²) in [4.78, 5) is 4.14. The maximum absolute atomic E-state index is 12.7. The van der Waals surface area contributed by atoms with Crippen LogP contribution in [0.25, 0.3) is 0 Å². The Morgan fingerprint density at radius 3 is 2.19 bits per heavy atom. The molecule has 172 valence electrons. The second-order valence-corrected chi connectivity index (χ2v) is 11.7. The van der Waals surface area contributed by atoms with Crippen molar-refractivity contribution in [2.75, 3.05) is 4.72 Å². The van der Waals surface area contributed by atoms with E-state index in [1.807, 2.05) is 0 Å².